The van der Waals surface area contributed by atoms with Crippen LogP contribution >= 0.6 is 11.3 Å². The van der Waals surface area contributed by atoms with Gasteiger partial charge in [0, 0.05) is 43.8 Å². The average Bonchev–Trinajstić information content (AvgIpc) is 3.01. The molecule has 0 spiro atoms. The zero-order valence-corrected chi connectivity index (χ0v) is 14.1. The van der Waals surface area contributed by atoms with E-state index in [4.69, 9.17) is 0 Å². The van der Waals surface area contributed by atoms with Gasteiger partial charge in [0.15, 0.2) is 0 Å². The number of hydrogen-bond donors (Lipinski definition) is 1. The van der Waals surface area contributed by atoms with Crippen molar-refractivity contribution in [3.63, 3.8) is 0 Å². The zero-order valence-electron chi connectivity index (χ0n) is 13.2. The van der Waals surface area contributed by atoms with E-state index in [1.807, 2.05) is 6.92 Å². The predicted molar refractivity (Wildman–Crippen MR) is 90.5 cm³/mol. The summed E-state index contributed by atoms with van der Waals surface area (Å²) in [5, 5.41) is 6.17. The third-order valence-electron chi connectivity index (χ3n) is 4.01. The van der Waals surface area contributed by atoms with Crippen LogP contribution in [0.3, 0.4) is 0 Å². The SMILES string of the molecule is Cc1nc(CCNC(=O)[C@@H]2CCCN(c3cnccn3)C2)cs1. The van der Waals surface area contributed by atoms with Gasteiger partial charge in [0.05, 0.1) is 22.8 Å². The summed E-state index contributed by atoms with van der Waals surface area (Å²) >= 11 is 1.65. The van der Waals surface area contributed by atoms with Crippen molar-refractivity contribution in [3.05, 3.63) is 34.7 Å². The van der Waals surface area contributed by atoms with E-state index < -0.39 is 0 Å². The first-order valence-electron chi connectivity index (χ1n) is 7.92. The third-order valence-corrected chi connectivity index (χ3v) is 4.83. The molecule has 2 aromatic rings. The molecule has 0 bridgehead atoms. The monoisotopic (exact) mass is 331 g/mol. The van der Waals surface area contributed by atoms with Crippen LogP contribution in [-0.4, -0.2) is 40.5 Å². The summed E-state index contributed by atoms with van der Waals surface area (Å²) < 4.78 is 0. The van der Waals surface area contributed by atoms with Crippen molar-refractivity contribution in [1.82, 2.24) is 20.3 Å². The molecule has 3 heterocycles. The first kappa shape index (κ1) is 15.9. The predicted octanol–water partition coefficient (Wildman–Crippen LogP) is 1.82. The molecule has 122 valence electrons. The first-order chi connectivity index (χ1) is 11.2. The normalized spacial score (nSPS) is 18.0. The lowest BCUT2D eigenvalue weighted by Gasteiger charge is -2.32. The van der Waals surface area contributed by atoms with Gasteiger partial charge in [-0.2, -0.15) is 0 Å². The highest BCUT2D eigenvalue weighted by Gasteiger charge is 2.26. The van der Waals surface area contributed by atoms with Crippen molar-refractivity contribution in [2.24, 2.45) is 5.92 Å². The van der Waals surface area contributed by atoms with Gasteiger partial charge in [-0.15, -0.1) is 11.3 Å². The van der Waals surface area contributed by atoms with Gasteiger partial charge in [-0.3, -0.25) is 9.78 Å². The molecule has 2 aromatic heterocycles. The second-order valence-electron chi connectivity index (χ2n) is 5.75. The van der Waals surface area contributed by atoms with E-state index in [9.17, 15) is 4.79 Å². The maximum absolute atomic E-state index is 12.4. The number of hydrogen-bond acceptors (Lipinski definition) is 6. The van der Waals surface area contributed by atoms with Gasteiger partial charge in [0.2, 0.25) is 5.91 Å². The van der Waals surface area contributed by atoms with Crippen LogP contribution in [0.1, 0.15) is 23.5 Å². The summed E-state index contributed by atoms with van der Waals surface area (Å²) in [6.07, 6.45) is 7.83. The van der Waals surface area contributed by atoms with E-state index in [-0.39, 0.29) is 11.8 Å². The number of aryl methyl sites for hydroxylation is 1. The Kier molecular flexibility index (Phi) is 5.17. The quantitative estimate of drug-likeness (QED) is 0.905. The summed E-state index contributed by atoms with van der Waals surface area (Å²) in [5.74, 6) is 0.997. The van der Waals surface area contributed by atoms with Crippen molar-refractivity contribution < 1.29 is 4.79 Å². The van der Waals surface area contributed by atoms with Gasteiger partial charge in [-0.05, 0) is 19.8 Å². The van der Waals surface area contributed by atoms with Crippen LogP contribution < -0.4 is 10.2 Å². The number of carbonyl (C=O) groups excluding carboxylic acids is 1. The number of piperidine rings is 1. The molecule has 23 heavy (non-hydrogen) atoms. The summed E-state index contributed by atoms with van der Waals surface area (Å²) in [7, 11) is 0. The van der Waals surface area contributed by atoms with E-state index in [2.05, 4.69) is 30.5 Å². The fourth-order valence-electron chi connectivity index (χ4n) is 2.83. The second-order valence-corrected chi connectivity index (χ2v) is 6.81. The van der Waals surface area contributed by atoms with Crippen LogP contribution in [0, 0.1) is 12.8 Å². The van der Waals surface area contributed by atoms with Crippen LogP contribution in [0.15, 0.2) is 24.0 Å². The summed E-state index contributed by atoms with van der Waals surface area (Å²) in [5.41, 5.74) is 1.05. The van der Waals surface area contributed by atoms with Gasteiger partial charge >= 0.3 is 0 Å². The van der Waals surface area contributed by atoms with Crippen LogP contribution in [0.2, 0.25) is 0 Å². The van der Waals surface area contributed by atoms with E-state index in [1.165, 1.54) is 0 Å². The molecular formula is C16H21N5OS. The van der Waals surface area contributed by atoms with Crippen LogP contribution in [-0.2, 0) is 11.2 Å². The Morgan fingerprint density at radius 1 is 1.48 bits per heavy atom. The van der Waals surface area contributed by atoms with Crippen molar-refractivity contribution in [2.45, 2.75) is 26.2 Å². The van der Waals surface area contributed by atoms with Crippen LogP contribution in [0.25, 0.3) is 0 Å². The lowest BCUT2D eigenvalue weighted by atomic mass is 9.97. The topological polar surface area (TPSA) is 71.0 Å². The molecule has 7 heteroatoms. The fraction of sp³-hybridized carbons (Fsp3) is 0.500. The molecule has 3 rings (SSSR count). The van der Waals surface area contributed by atoms with Crippen molar-refractivity contribution >= 4 is 23.1 Å². The Bertz CT molecular complexity index is 645. The highest BCUT2D eigenvalue weighted by atomic mass is 32.1. The molecule has 0 aliphatic carbocycles. The Hall–Kier alpha value is -2.02. The Morgan fingerprint density at radius 3 is 3.13 bits per heavy atom. The van der Waals surface area contributed by atoms with Gasteiger partial charge in [0.1, 0.15) is 5.82 Å². The van der Waals surface area contributed by atoms with Gasteiger partial charge in [0.25, 0.3) is 0 Å². The van der Waals surface area contributed by atoms with Gasteiger partial charge in [-0.1, -0.05) is 0 Å². The number of amides is 1. The maximum atomic E-state index is 12.4. The number of aromatic nitrogens is 3. The highest BCUT2D eigenvalue weighted by Crippen LogP contribution is 2.20. The van der Waals surface area contributed by atoms with Crippen molar-refractivity contribution in [2.75, 3.05) is 24.5 Å². The number of carbonyl (C=O) groups is 1. The molecule has 0 radical (unpaired) electrons. The minimum Gasteiger partial charge on any atom is -0.355 e. The molecule has 0 saturated carbocycles. The Balaban J connectivity index is 1.49. The first-order valence-corrected chi connectivity index (χ1v) is 8.80. The summed E-state index contributed by atoms with van der Waals surface area (Å²) in [6, 6.07) is 0. The number of nitrogens with zero attached hydrogens (tertiary/aromatic N) is 4. The van der Waals surface area contributed by atoms with Crippen molar-refractivity contribution in [3.8, 4) is 0 Å². The molecule has 1 aliphatic heterocycles. The number of thiazole rings is 1. The molecule has 1 saturated heterocycles. The standard InChI is InChI=1S/C16H21N5OS/c1-12-20-14(11-23-12)4-5-19-16(22)13-3-2-8-21(10-13)15-9-17-6-7-18-15/h6-7,9,11,13H,2-5,8,10H2,1H3,(H,19,22)/t13-/m1/s1. The summed E-state index contributed by atoms with van der Waals surface area (Å²) in [6.45, 7) is 4.28. The molecule has 1 fully saturated rings. The van der Waals surface area contributed by atoms with E-state index in [0.717, 1.165) is 42.3 Å². The lowest BCUT2D eigenvalue weighted by molar-refractivity contribution is -0.125. The van der Waals surface area contributed by atoms with E-state index in [1.54, 1.807) is 29.9 Å². The molecule has 6 nitrogen and oxygen atoms in total. The molecule has 1 atom stereocenters. The third kappa shape index (κ3) is 4.25. The second kappa shape index (κ2) is 7.50. The molecule has 1 aliphatic rings. The maximum Gasteiger partial charge on any atom is 0.224 e. The molecule has 1 amide bonds. The van der Waals surface area contributed by atoms with Crippen molar-refractivity contribution in [1.29, 1.82) is 0 Å². The fourth-order valence-corrected chi connectivity index (χ4v) is 3.48. The molecule has 0 aromatic carbocycles. The molecule has 0 unspecified atom stereocenters. The smallest absolute Gasteiger partial charge is 0.224 e. The Morgan fingerprint density at radius 2 is 2.39 bits per heavy atom. The Labute approximate surface area is 140 Å². The van der Waals surface area contributed by atoms with E-state index >= 15 is 0 Å². The molecular weight excluding hydrogens is 310 g/mol. The number of rotatable bonds is 5. The molecule has 1 N–H and O–H groups in total. The summed E-state index contributed by atoms with van der Waals surface area (Å²) in [4.78, 5) is 27.4. The minimum atomic E-state index is 0.0166. The highest BCUT2D eigenvalue weighted by molar-refractivity contribution is 7.09. The van der Waals surface area contributed by atoms with Crippen LogP contribution in [0.4, 0.5) is 5.82 Å². The van der Waals surface area contributed by atoms with Gasteiger partial charge < -0.3 is 10.2 Å². The van der Waals surface area contributed by atoms with Gasteiger partial charge in [-0.25, -0.2) is 9.97 Å². The average molecular weight is 331 g/mol. The number of nitrogens with one attached hydrogen (secondary N) is 1. The zero-order chi connectivity index (χ0) is 16.1. The lowest BCUT2D eigenvalue weighted by Crippen LogP contribution is -2.43. The van der Waals surface area contributed by atoms with E-state index in [0.29, 0.717) is 13.1 Å². The number of anilines is 1. The minimum absolute atomic E-state index is 0.0166. The largest absolute Gasteiger partial charge is 0.355 e. The van der Waals surface area contributed by atoms with Crippen LogP contribution in [0.5, 0.6) is 0 Å².